The van der Waals surface area contributed by atoms with Gasteiger partial charge in [-0.2, -0.15) is 0 Å². The lowest BCUT2D eigenvalue weighted by Gasteiger charge is -2.18. The summed E-state index contributed by atoms with van der Waals surface area (Å²) in [6.07, 6.45) is 3.47. The number of hydrogen-bond acceptors (Lipinski definition) is 6. The molecule has 0 radical (unpaired) electrons. The molecule has 0 saturated heterocycles. The molecule has 0 aliphatic carbocycles. The van der Waals surface area contributed by atoms with Crippen molar-refractivity contribution in [2.24, 2.45) is 0 Å². The van der Waals surface area contributed by atoms with Gasteiger partial charge in [0.25, 0.3) is 0 Å². The van der Waals surface area contributed by atoms with E-state index in [1.165, 1.54) is 0 Å². The molecule has 1 aromatic heterocycles. The molecule has 2 aromatic carbocycles. The number of carbonyl (C=O) groups excluding carboxylic acids is 1. The van der Waals surface area contributed by atoms with Crippen molar-refractivity contribution in [3.8, 4) is 5.75 Å². The van der Waals surface area contributed by atoms with E-state index in [2.05, 4.69) is 20.3 Å². The molecule has 10 heteroatoms. The van der Waals surface area contributed by atoms with Crippen LogP contribution in [0.25, 0.3) is 10.9 Å². The van der Waals surface area contributed by atoms with Crippen LogP contribution in [-0.2, 0) is 14.8 Å². The lowest BCUT2D eigenvalue weighted by molar-refractivity contribution is -0.121. The largest absolute Gasteiger partial charge is 0.497 e. The van der Waals surface area contributed by atoms with Crippen molar-refractivity contribution in [1.29, 1.82) is 0 Å². The molecule has 0 bridgehead atoms. The Morgan fingerprint density at radius 1 is 1.12 bits per heavy atom. The minimum absolute atomic E-state index is 0.0113. The quantitative estimate of drug-likeness (QED) is 0.355. The average Bonchev–Trinajstić information content (AvgIpc) is 2.77. The number of anilines is 1. The summed E-state index contributed by atoms with van der Waals surface area (Å²) in [5, 5.41) is 7.81. The van der Waals surface area contributed by atoms with Crippen LogP contribution >= 0.6 is 11.6 Å². The normalized spacial score (nSPS) is 12.3. The Morgan fingerprint density at radius 3 is 2.58 bits per heavy atom. The van der Waals surface area contributed by atoms with Gasteiger partial charge in [-0.25, -0.2) is 13.1 Å². The third-order valence-electron chi connectivity index (χ3n) is 4.96. The van der Waals surface area contributed by atoms with Crippen LogP contribution in [0.2, 0.25) is 5.02 Å². The van der Waals surface area contributed by atoms with Crippen LogP contribution in [-0.4, -0.2) is 45.8 Å². The molecular weight excluding hydrogens is 464 g/mol. The van der Waals surface area contributed by atoms with Gasteiger partial charge in [0.2, 0.25) is 15.9 Å². The monoisotopic (exact) mass is 490 g/mol. The van der Waals surface area contributed by atoms with Crippen molar-refractivity contribution in [1.82, 2.24) is 15.0 Å². The van der Waals surface area contributed by atoms with E-state index in [4.69, 9.17) is 16.3 Å². The van der Waals surface area contributed by atoms with Crippen LogP contribution in [0.3, 0.4) is 0 Å². The third-order valence-corrected chi connectivity index (χ3v) is 5.91. The van der Waals surface area contributed by atoms with Gasteiger partial charge in [0, 0.05) is 41.8 Å². The molecule has 3 N–H and O–H groups in total. The van der Waals surface area contributed by atoms with E-state index in [1.54, 1.807) is 37.6 Å². The van der Waals surface area contributed by atoms with Crippen LogP contribution in [0.15, 0.2) is 54.7 Å². The van der Waals surface area contributed by atoms with Crippen molar-refractivity contribution in [3.05, 3.63) is 65.3 Å². The number of aromatic nitrogens is 1. The Morgan fingerprint density at radius 2 is 1.88 bits per heavy atom. The Labute approximate surface area is 198 Å². The van der Waals surface area contributed by atoms with Gasteiger partial charge in [-0.3, -0.25) is 9.78 Å². The second-order valence-electron chi connectivity index (χ2n) is 7.57. The van der Waals surface area contributed by atoms with Gasteiger partial charge in [-0.1, -0.05) is 23.7 Å². The highest BCUT2D eigenvalue weighted by molar-refractivity contribution is 7.88. The molecule has 0 unspecified atom stereocenters. The first-order valence-corrected chi connectivity index (χ1v) is 12.7. The predicted molar refractivity (Wildman–Crippen MR) is 131 cm³/mol. The lowest BCUT2D eigenvalue weighted by atomic mass is 10.0. The first kappa shape index (κ1) is 24.8. The van der Waals surface area contributed by atoms with Crippen LogP contribution in [0.5, 0.6) is 5.75 Å². The lowest BCUT2D eigenvalue weighted by Crippen LogP contribution is -2.33. The van der Waals surface area contributed by atoms with Gasteiger partial charge >= 0.3 is 0 Å². The molecule has 1 atom stereocenters. The van der Waals surface area contributed by atoms with Crippen LogP contribution in [0.1, 0.15) is 24.4 Å². The maximum atomic E-state index is 12.5. The number of methoxy groups -OCH3 is 1. The summed E-state index contributed by atoms with van der Waals surface area (Å²) >= 11 is 6.03. The minimum Gasteiger partial charge on any atom is -0.497 e. The average molecular weight is 491 g/mol. The highest BCUT2D eigenvalue weighted by Gasteiger charge is 2.19. The van der Waals surface area contributed by atoms with Crippen molar-refractivity contribution >= 4 is 44.1 Å². The standard InChI is InChI=1S/C23H27ClN4O4S/c1-32-18-7-4-16(5-8-18)21(28-33(2,30)31)15-23(29)27-12-3-11-25-20-10-13-26-22-14-17(24)6-9-19(20)22/h4-10,13-14,21,28H,3,11-12,15H2,1-2H3,(H,25,26)(H,27,29)/t21-/m1/s1. The number of pyridine rings is 1. The first-order valence-electron chi connectivity index (χ1n) is 10.4. The number of nitrogens with zero attached hydrogens (tertiary/aromatic N) is 1. The summed E-state index contributed by atoms with van der Waals surface area (Å²) < 4.78 is 31.2. The first-order chi connectivity index (χ1) is 15.7. The molecule has 0 aliphatic heterocycles. The molecule has 0 saturated carbocycles. The maximum absolute atomic E-state index is 12.5. The van der Waals surface area contributed by atoms with Crippen LogP contribution in [0, 0.1) is 0 Å². The fraction of sp³-hybridized carbons (Fsp3) is 0.304. The van der Waals surface area contributed by atoms with E-state index in [1.807, 2.05) is 24.3 Å². The number of hydrogen-bond donors (Lipinski definition) is 3. The second-order valence-corrected chi connectivity index (χ2v) is 9.79. The van der Waals surface area contributed by atoms with E-state index in [0.29, 0.717) is 35.8 Å². The molecule has 33 heavy (non-hydrogen) atoms. The van der Waals surface area contributed by atoms with Gasteiger partial charge in [0.15, 0.2) is 0 Å². The summed E-state index contributed by atoms with van der Waals surface area (Å²) in [6, 6.07) is 13.7. The molecular formula is C23H27ClN4O4S. The van der Waals surface area contributed by atoms with E-state index in [-0.39, 0.29) is 12.3 Å². The fourth-order valence-electron chi connectivity index (χ4n) is 3.39. The van der Waals surface area contributed by atoms with Gasteiger partial charge in [0.05, 0.1) is 24.9 Å². The summed E-state index contributed by atoms with van der Waals surface area (Å²) in [5.74, 6) is 0.412. The summed E-state index contributed by atoms with van der Waals surface area (Å²) in [4.78, 5) is 16.8. The van der Waals surface area contributed by atoms with E-state index < -0.39 is 16.1 Å². The van der Waals surface area contributed by atoms with Crippen molar-refractivity contribution < 1.29 is 17.9 Å². The molecule has 0 spiro atoms. The molecule has 1 amide bonds. The number of ether oxygens (including phenoxy) is 1. The molecule has 3 aromatic rings. The minimum atomic E-state index is -3.50. The molecule has 8 nitrogen and oxygen atoms in total. The Balaban J connectivity index is 1.50. The zero-order valence-electron chi connectivity index (χ0n) is 18.5. The fourth-order valence-corrected chi connectivity index (χ4v) is 4.30. The number of halogens is 1. The second kappa shape index (κ2) is 11.3. The third kappa shape index (κ3) is 7.59. The van der Waals surface area contributed by atoms with Crippen LogP contribution in [0.4, 0.5) is 5.69 Å². The number of amides is 1. The Hall–Kier alpha value is -2.88. The van der Waals surface area contributed by atoms with E-state index in [9.17, 15) is 13.2 Å². The summed E-state index contributed by atoms with van der Waals surface area (Å²) in [5.41, 5.74) is 2.44. The Kier molecular flexibility index (Phi) is 8.49. The van der Waals surface area contributed by atoms with Gasteiger partial charge < -0.3 is 15.4 Å². The van der Waals surface area contributed by atoms with Gasteiger partial charge in [-0.15, -0.1) is 0 Å². The number of fused-ring (bicyclic) bond motifs is 1. The molecule has 0 aliphatic rings. The smallest absolute Gasteiger partial charge is 0.221 e. The van der Waals surface area contributed by atoms with Gasteiger partial charge in [0.1, 0.15) is 5.75 Å². The van der Waals surface area contributed by atoms with E-state index >= 15 is 0 Å². The summed E-state index contributed by atoms with van der Waals surface area (Å²) in [6.45, 7) is 1.10. The molecule has 176 valence electrons. The molecule has 0 fully saturated rings. The van der Waals surface area contributed by atoms with Crippen molar-refractivity contribution in [2.75, 3.05) is 31.8 Å². The zero-order chi connectivity index (χ0) is 23.8. The highest BCUT2D eigenvalue weighted by Crippen LogP contribution is 2.24. The number of rotatable bonds is 11. The number of nitrogens with one attached hydrogen (secondary N) is 3. The van der Waals surface area contributed by atoms with Gasteiger partial charge in [-0.05, 0) is 48.4 Å². The maximum Gasteiger partial charge on any atom is 0.221 e. The zero-order valence-corrected chi connectivity index (χ0v) is 20.0. The molecule has 1 heterocycles. The highest BCUT2D eigenvalue weighted by atomic mass is 35.5. The molecule has 3 rings (SSSR count). The van der Waals surface area contributed by atoms with Crippen molar-refractivity contribution in [2.45, 2.75) is 18.9 Å². The van der Waals surface area contributed by atoms with Crippen LogP contribution < -0.4 is 20.1 Å². The summed E-state index contributed by atoms with van der Waals surface area (Å²) in [7, 11) is -1.95. The topological polar surface area (TPSA) is 109 Å². The number of benzene rings is 2. The SMILES string of the molecule is COc1ccc([C@@H](CC(=O)NCCCNc2ccnc3cc(Cl)ccc23)NS(C)(=O)=O)cc1. The predicted octanol–water partition coefficient (Wildman–Crippen LogP) is 3.50. The Bertz CT molecular complexity index is 1200. The van der Waals surface area contributed by atoms with E-state index in [0.717, 1.165) is 22.8 Å². The number of sulfonamides is 1. The van der Waals surface area contributed by atoms with Crippen molar-refractivity contribution in [3.63, 3.8) is 0 Å². The number of carbonyl (C=O) groups is 1.